The van der Waals surface area contributed by atoms with Crippen LogP contribution in [0.25, 0.3) is 0 Å². The molecule has 2 rings (SSSR count). The SMILES string of the molecule is O=[N+]([O-])c1ccc(F)cc1CNCc1ccno1. The minimum atomic E-state index is -0.537. The number of nitrogens with one attached hydrogen (secondary N) is 1. The van der Waals surface area contributed by atoms with E-state index in [4.69, 9.17) is 4.52 Å². The molecule has 0 saturated carbocycles. The lowest BCUT2D eigenvalue weighted by molar-refractivity contribution is -0.385. The third-order valence-corrected chi connectivity index (χ3v) is 2.34. The number of hydrogen-bond donors (Lipinski definition) is 1. The highest BCUT2D eigenvalue weighted by atomic mass is 19.1. The number of aromatic nitrogens is 1. The van der Waals surface area contributed by atoms with Crippen LogP contribution < -0.4 is 5.32 Å². The molecule has 0 atom stereocenters. The normalized spacial score (nSPS) is 10.5. The fourth-order valence-electron chi connectivity index (χ4n) is 1.53. The van der Waals surface area contributed by atoms with Crippen molar-refractivity contribution < 1.29 is 13.8 Å². The van der Waals surface area contributed by atoms with Gasteiger partial charge in [0.25, 0.3) is 5.69 Å². The summed E-state index contributed by atoms with van der Waals surface area (Å²) in [6, 6.07) is 5.04. The van der Waals surface area contributed by atoms with E-state index in [1.54, 1.807) is 6.07 Å². The summed E-state index contributed by atoms with van der Waals surface area (Å²) in [6.45, 7) is 0.544. The molecular formula is C11H10FN3O3. The lowest BCUT2D eigenvalue weighted by Gasteiger charge is -2.04. The summed E-state index contributed by atoms with van der Waals surface area (Å²) in [5, 5.41) is 17.2. The van der Waals surface area contributed by atoms with E-state index >= 15 is 0 Å². The molecule has 6 nitrogen and oxygen atoms in total. The molecule has 0 saturated heterocycles. The highest BCUT2D eigenvalue weighted by molar-refractivity contribution is 5.40. The van der Waals surface area contributed by atoms with E-state index in [-0.39, 0.29) is 12.2 Å². The number of halogens is 1. The van der Waals surface area contributed by atoms with E-state index in [0.29, 0.717) is 17.9 Å². The highest BCUT2D eigenvalue weighted by Crippen LogP contribution is 2.19. The van der Waals surface area contributed by atoms with Crippen molar-refractivity contribution >= 4 is 5.69 Å². The zero-order chi connectivity index (χ0) is 13.0. The van der Waals surface area contributed by atoms with Gasteiger partial charge in [-0.2, -0.15) is 0 Å². The molecule has 0 aliphatic rings. The quantitative estimate of drug-likeness (QED) is 0.649. The third-order valence-electron chi connectivity index (χ3n) is 2.34. The third kappa shape index (κ3) is 2.89. The molecule has 0 bridgehead atoms. The molecule has 1 heterocycles. The average molecular weight is 251 g/mol. The largest absolute Gasteiger partial charge is 0.360 e. The topological polar surface area (TPSA) is 81.2 Å². The Bertz CT molecular complexity index is 542. The molecule has 0 fully saturated rings. The van der Waals surface area contributed by atoms with Gasteiger partial charge in [-0.3, -0.25) is 10.1 Å². The van der Waals surface area contributed by atoms with Crippen LogP contribution in [0.2, 0.25) is 0 Å². The number of nitrogens with zero attached hydrogens (tertiary/aromatic N) is 2. The van der Waals surface area contributed by atoms with Gasteiger partial charge in [-0.05, 0) is 12.1 Å². The first kappa shape index (κ1) is 12.2. The molecule has 0 aliphatic carbocycles. The first-order valence-corrected chi connectivity index (χ1v) is 5.20. The van der Waals surface area contributed by atoms with E-state index in [9.17, 15) is 14.5 Å². The van der Waals surface area contributed by atoms with E-state index in [1.807, 2.05) is 0 Å². The van der Waals surface area contributed by atoms with Gasteiger partial charge in [-0.25, -0.2) is 4.39 Å². The fraction of sp³-hybridized carbons (Fsp3) is 0.182. The summed E-state index contributed by atoms with van der Waals surface area (Å²) >= 11 is 0. The lowest BCUT2D eigenvalue weighted by Crippen LogP contribution is -2.13. The van der Waals surface area contributed by atoms with Gasteiger partial charge in [0.1, 0.15) is 11.6 Å². The first-order chi connectivity index (χ1) is 8.66. The Labute approximate surface area is 102 Å². The van der Waals surface area contributed by atoms with Crippen LogP contribution in [-0.2, 0) is 13.1 Å². The van der Waals surface area contributed by atoms with E-state index in [2.05, 4.69) is 10.5 Å². The first-order valence-electron chi connectivity index (χ1n) is 5.20. The van der Waals surface area contributed by atoms with E-state index in [0.717, 1.165) is 18.2 Å². The number of benzene rings is 1. The summed E-state index contributed by atoms with van der Waals surface area (Å²) in [5.41, 5.74) is 0.181. The van der Waals surface area contributed by atoms with Crippen LogP contribution in [0.4, 0.5) is 10.1 Å². The summed E-state index contributed by atoms with van der Waals surface area (Å²) in [6.07, 6.45) is 1.50. The van der Waals surface area contributed by atoms with Crippen LogP contribution in [0, 0.1) is 15.9 Å². The Balaban J connectivity index is 2.03. The van der Waals surface area contributed by atoms with Crippen molar-refractivity contribution in [2.45, 2.75) is 13.1 Å². The molecule has 0 unspecified atom stereocenters. The Morgan fingerprint density at radius 1 is 1.39 bits per heavy atom. The molecule has 7 heteroatoms. The Morgan fingerprint density at radius 2 is 2.22 bits per heavy atom. The molecule has 18 heavy (non-hydrogen) atoms. The molecule has 0 amide bonds. The average Bonchev–Trinajstić information content (AvgIpc) is 2.82. The van der Waals surface area contributed by atoms with Crippen molar-refractivity contribution in [1.29, 1.82) is 0 Å². The fourth-order valence-corrected chi connectivity index (χ4v) is 1.53. The van der Waals surface area contributed by atoms with Gasteiger partial charge in [-0.15, -0.1) is 0 Å². The molecule has 1 aromatic heterocycles. The zero-order valence-corrected chi connectivity index (χ0v) is 9.30. The molecule has 1 aromatic carbocycles. The van der Waals surface area contributed by atoms with Gasteiger partial charge >= 0.3 is 0 Å². The summed E-state index contributed by atoms with van der Waals surface area (Å²) in [4.78, 5) is 10.2. The Hall–Kier alpha value is -2.28. The summed E-state index contributed by atoms with van der Waals surface area (Å²) in [7, 11) is 0. The number of rotatable bonds is 5. The van der Waals surface area contributed by atoms with E-state index < -0.39 is 10.7 Å². The van der Waals surface area contributed by atoms with E-state index in [1.165, 1.54) is 6.20 Å². The molecule has 0 aliphatic heterocycles. The van der Waals surface area contributed by atoms with Crippen LogP contribution in [-0.4, -0.2) is 10.1 Å². The van der Waals surface area contributed by atoms with Crippen LogP contribution in [0.3, 0.4) is 0 Å². The number of hydrogen-bond acceptors (Lipinski definition) is 5. The second-order valence-electron chi connectivity index (χ2n) is 3.61. The maximum absolute atomic E-state index is 13.0. The minimum absolute atomic E-state index is 0.110. The number of nitro groups is 1. The lowest BCUT2D eigenvalue weighted by atomic mass is 10.1. The smallest absolute Gasteiger partial charge is 0.274 e. The van der Waals surface area contributed by atoms with Crippen molar-refractivity contribution in [1.82, 2.24) is 10.5 Å². The van der Waals surface area contributed by atoms with Gasteiger partial charge in [0, 0.05) is 24.2 Å². The van der Waals surface area contributed by atoms with Crippen molar-refractivity contribution in [3.05, 3.63) is 57.7 Å². The van der Waals surface area contributed by atoms with Crippen molar-refractivity contribution in [2.75, 3.05) is 0 Å². The zero-order valence-electron chi connectivity index (χ0n) is 9.30. The molecule has 0 radical (unpaired) electrons. The molecule has 94 valence electrons. The molecule has 1 N–H and O–H groups in total. The maximum atomic E-state index is 13.0. The Kier molecular flexibility index (Phi) is 3.63. The second-order valence-corrected chi connectivity index (χ2v) is 3.61. The van der Waals surface area contributed by atoms with Crippen LogP contribution in [0.1, 0.15) is 11.3 Å². The van der Waals surface area contributed by atoms with Crippen LogP contribution in [0.5, 0.6) is 0 Å². The van der Waals surface area contributed by atoms with Crippen molar-refractivity contribution in [3.8, 4) is 0 Å². The van der Waals surface area contributed by atoms with Gasteiger partial charge in [0.05, 0.1) is 17.7 Å². The van der Waals surface area contributed by atoms with Crippen LogP contribution in [0.15, 0.2) is 35.0 Å². The second kappa shape index (κ2) is 5.37. The summed E-state index contributed by atoms with van der Waals surface area (Å²) in [5.74, 6) is 0.103. The van der Waals surface area contributed by atoms with Gasteiger partial charge in [0.15, 0.2) is 0 Å². The molecular weight excluding hydrogens is 241 g/mol. The van der Waals surface area contributed by atoms with Gasteiger partial charge in [0.2, 0.25) is 0 Å². The Morgan fingerprint density at radius 3 is 2.89 bits per heavy atom. The monoisotopic (exact) mass is 251 g/mol. The van der Waals surface area contributed by atoms with Gasteiger partial charge in [-0.1, -0.05) is 5.16 Å². The minimum Gasteiger partial charge on any atom is -0.360 e. The maximum Gasteiger partial charge on any atom is 0.274 e. The van der Waals surface area contributed by atoms with Crippen LogP contribution >= 0.6 is 0 Å². The standard InChI is InChI=1S/C11H10FN3O3/c12-9-1-2-11(15(16)17)8(5-9)6-13-7-10-3-4-14-18-10/h1-5,13H,6-7H2. The van der Waals surface area contributed by atoms with Crippen molar-refractivity contribution in [2.24, 2.45) is 0 Å². The molecule has 2 aromatic rings. The highest BCUT2D eigenvalue weighted by Gasteiger charge is 2.13. The van der Waals surface area contributed by atoms with Gasteiger partial charge < -0.3 is 9.84 Å². The predicted molar refractivity (Wildman–Crippen MR) is 60.1 cm³/mol. The number of nitro benzene ring substituents is 1. The predicted octanol–water partition coefficient (Wildman–Crippen LogP) is 2.01. The summed E-state index contributed by atoms with van der Waals surface area (Å²) < 4.78 is 17.9. The van der Waals surface area contributed by atoms with Crippen molar-refractivity contribution in [3.63, 3.8) is 0 Å². The molecule has 0 spiro atoms.